The summed E-state index contributed by atoms with van der Waals surface area (Å²) in [6, 6.07) is 8.15. The van der Waals surface area contributed by atoms with E-state index in [2.05, 4.69) is 32.2 Å². The first-order chi connectivity index (χ1) is 16.3. The van der Waals surface area contributed by atoms with Crippen molar-refractivity contribution < 1.29 is 14.3 Å². The summed E-state index contributed by atoms with van der Waals surface area (Å²) in [7, 11) is 0. The fourth-order valence-electron chi connectivity index (χ4n) is 5.26. The summed E-state index contributed by atoms with van der Waals surface area (Å²) in [5.41, 5.74) is 2.97. The standard InChI is InChI=1S/C26H34N4O3/c31-26(22-18-27-11-8-23(22)30-13-1-2-14-30)28-12-17-29-15-9-20(10-16-29)6-7-21-4-3-5-24-25(21)33-19-32-24/h3-5,8,11,18,20H,1-2,6-7,9-10,12-17,19H2,(H,28,31). The normalized spacial score (nSPS) is 18.6. The van der Waals surface area contributed by atoms with Gasteiger partial charge < -0.3 is 24.6 Å². The van der Waals surface area contributed by atoms with Crippen LogP contribution in [-0.2, 0) is 6.42 Å². The van der Waals surface area contributed by atoms with Gasteiger partial charge in [0.05, 0.1) is 11.3 Å². The monoisotopic (exact) mass is 450 g/mol. The van der Waals surface area contributed by atoms with Crippen molar-refractivity contribution in [3.63, 3.8) is 0 Å². The van der Waals surface area contributed by atoms with Crippen LogP contribution in [0.3, 0.4) is 0 Å². The maximum absolute atomic E-state index is 12.8. The lowest BCUT2D eigenvalue weighted by Crippen LogP contribution is -2.40. The van der Waals surface area contributed by atoms with Gasteiger partial charge in [-0.25, -0.2) is 0 Å². The summed E-state index contributed by atoms with van der Waals surface area (Å²) in [6.07, 6.45) is 10.5. The van der Waals surface area contributed by atoms with E-state index in [1.807, 2.05) is 12.1 Å². The van der Waals surface area contributed by atoms with E-state index >= 15 is 0 Å². The molecule has 1 N–H and O–H groups in total. The molecule has 0 unspecified atom stereocenters. The Labute approximate surface area is 196 Å². The third-order valence-electron chi connectivity index (χ3n) is 7.21. The topological polar surface area (TPSA) is 66.9 Å². The van der Waals surface area contributed by atoms with Crippen molar-refractivity contribution in [1.82, 2.24) is 15.2 Å². The van der Waals surface area contributed by atoms with Crippen LogP contribution in [0.1, 0.15) is 48.0 Å². The SMILES string of the molecule is O=C(NCCN1CCC(CCc2cccc3c2OCO3)CC1)c1cnccc1N1CCCC1. The van der Waals surface area contributed by atoms with E-state index < -0.39 is 0 Å². The van der Waals surface area contributed by atoms with Crippen LogP contribution in [0, 0.1) is 5.92 Å². The Morgan fingerprint density at radius 1 is 1.09 bits per heavy atom. The zero-order chi connectivity index (χ0) is 22.5. The number of piperidine rings is 1. The number of aryl methyl sites for hydroxylation is 1. The third-order valence-corrected chi connectivity index (χ3v) is 7.21. The number of hydrogen-bond donors (Lipinski definition) is 1. The highest BCUT2D eigenvalue weighted by molar-refractivity contribution is 5.99. The minimum Gasteiger partial charge on any atom is -0.454 e. The quantitative estimate of drug-likeness (QED) is 0.664. The van der Waals surface area contributed by atoms with E-state index in [-0.39, 0.29) is 5.91 Å². The molecule has 3 aliphatic heterocycles. The van der Waals surface area contributed by atoms with Crippen molar-refractivity contribution in [3.05, 3.63) is 47.8 Å². The Balaban J connectivity index is 1.04. The van der Waals surface area contributed by atoms with Gasteiger partial charge in [0.15, 0.2) is 11.5 Å². The molecule has 1 aromatic heterocycles. The Morgan fingerprint density at radius 3 is 2.79 bits per heavy atom. The lowest BCUT2D eigenvalue weighted by atomic mass is 9.90. The molecule has 1 amide bonds. The molecule has 176 valence electrons. The molecule has 3 aliphatic rings. The van der Waals surface area contributed by atoms with E-state index in [1.54, 1.807) is 12.4 Å². The number of hydrogen-bond acceptors (Lipinski definition) is 6. The average Bonchev–Trinajstić information content (AvgIpc) is 3.56. The van der Waals surface area contributed by atoms with Crippen LogP contribution >= 0.6 is 0 Å². The van der Waals surface area contributed by atoms with Gasteiger partial charge in [0.2, 0.25) is 6.79 Å². The molecule has 2 aromatic rings. The first-order valence-corrected chi connectivity index (χ1v) is 12.3. The van der Waals surface area contributed by atoms with Crippen LogP contribution in [0.15, 0.2) is 36.7 Å². The van der Waals surface area contributed by atoms with E-state index in [0.29, 0.717) is 18.9 Å². The lowest BCUT2D eigenvalue weighted by Gasteiger charge is -2.32. The van der Waals surface area contributed by atoms with Crippen LogP contribution in [0.5, 0.6) is 11.5 Å². The number of ether oxygens (including phenoxy) is 2. The summed E-state index contributed by atoms with van der Waals surface area (Å²) in [5, 5.41) is 3.12. The van der Waals surface area contributed by atoms with Gasteiger partial charge in [-0.15, -0.1) is 0 Å². The second-order valence-corrected chi connectivity index (χ2v) is 9.32. The lowest BCUT2D eigenvalue weighted by molar-refractivity contribution is 0.0943. The van der Waals surface area contributed by atoms with Gasteiger partial charge in [0.1, 0.15) is 0 Å². The molecule has 0 saturated carbocycles. The van der Waals surface area contributed by atoms with Crippen LogP contribution in [0.2, 0.25) is 0 Å². The zero-order valence-corrected chi connectivity index (χ0v) is 19.3. The number of carbonyl (C=O) groups excluding carboxylic acids is 1. The van der Waals surface area contributed by atoms with Crippen molar-refractivity contribution in [2.75, 3.05) is 51.0 Å². The molecular weight excluding hydrogens is 416 g/mol. The summed E-state index contributed by atoms with van der Waals surface area (Å²) in [5.74, 6) is 2.55. The molecule has 2 fully saturated rings. The smallest absolute Gasteiger partial charge is 0.255 e. The van der Waals surface area contributed by atoms with Gasteiger partial charge in [-0.2, -0.15) is 0 Å². The van der Waals surface area contributed by atoms with Gasteiger partial charge in [0, 0.05) is 38.6 Å². The summed E-state index contributed by atoms with van der Waals surface area (Å²) in [4.78, 5) is 21.8. The number of para-hydroxylation sites is 1. The van der Waals surface area contributed by atoms with E-state index in [9.17, 15) is 4.79 Å². The number of likely N-dealkylation sites (tertiary alicyclic amines) is 1. The van der Waals surface area contributed by atoms with Crippen molar-refractivity contribution in [2.24, 2.45) is 5.92 Å². The fourth-order valence-corrected chi connectivity index (χ4v) is 5.26. The number of rotatable bonds is 8. The van der Waals surface area contributed by atoms with Crippen molar-refractivity contribution in [1.29, 1.82) is 0 Å². The minimum atomic E-state index is -0.0125. The van der Waals surface area contributed by atoms with E-state index in [1.165, 1.54) is 37.7 Å². The first kappa shape index (κ1) is 22.0. The number of aromatic nitrogens is 1. The second-order valence-electron chi connectivity index (χ2n) is 9.32. The maximum atomic E-state index is 12.8. The first-order valence-electron chi connectivity index (χ1n) is 12.3. The van der Waals surface area contributed by atoms with Crippen molar-refractivity contribution in [3.8, 4) is 11.5 Å². The van der Waals surface area contributed by atoms with Gasteiger partial charge in [0.25, 0.3) is 5.91 Å². The highest BCUT2D eigenvalue weighted by atomic mass is 16.7. The number of fused-ring (bicyclic) bond motifs is 1. The predicted molar refractivity (Wildman–Crippen MR) is 128 cm³/mol. The average molecular weight is 451 g/mol. The van der Waals surface area contributed by atoms with E-state index in [4.69, 9.17) is 9.47 Å². The Bertz CT molecular complexity index is 952. The van der Waals surface area contributed by atoms with Crippen LogP contribution in [0.25, 0.3) is 0 Å². The molecule has 0 radical (unpaired) electrons. The molecule has 33 heavy (non-hydrogen) atoms. The number of nitrogens with zero attached hydrogens (tertiary/aromatic N) is 3. The number of nitrogens with one attached hydrogen (secondary N) is 1. The number of carbonyl (C=O) groups is 1. The number of amides is 1. The molecule has 0 atom stereocenters. The molecule has 5 rings (SSSR count). The van der Waals surface area contributed by atoms with Crippen molar-refractivity contribution >= 4 is 11.6 Å². The van der Waals surface area contributed by atoms with Crippen molar-refractivity contribution in [2.45, 2.75) is 38.5 Å². The molecule has 0 aliphatic carbocycles. The van der Waals surface area contributed by atoms with Gasteiger partial charge in [-0.1, -0.05) is 12.1 Å². The Morgan fingerprint density at radius 2 is 1.94 bits per heavy atom. The zero-order valence-electron chi connectivity index (χ0n) is 19.3. The van der Waals surface area contributed by atoms with E-state index in [0.717, 1.165) is 62.2 Å². The summed E-state index contributed by atoms with van der Waals surface area (Å²) < 4.78 is 11.1. The minimum absolute atomic E-state index is 0.0125. The third kappa shape index (κ3) is 5.24. The van der Waals surface area contributed by atoms with Crippen LogP contribution < -0.4 is 19.7 Å². The largest absolute Gasteiger partial charge is 0.454 e. The Hall–Kier alpha value is -2.80. The molecule has 0 spiro atoms. The Kier molecular flexibility index (Phi) is 6.95. The molecular formula is C26H34N4O3. The molecule has 0 bridgehead atoms. The number of anilines is 1. The van der Waals surface area contributed by atoms with Gasteiger partial charge in [-0.05, 0) is 75.2 Å². The summed E-state index contributed by atoms with van der Waals surface area (Å²) in [6.45, 7) is 6.14. The molecule has 4 heterocycles. The second kappa shape index (κ2) is 10.4. The maximum Gasteiger partial charge on any atom is 0.255 e. The molecule has 1 aromatic carbocycles. The number of benzene rings is 1. The van der Waals surface area contributed by atoms with Crippen LogP contribution in [0.4, 0.5) is 5.69 Å². The fraction of sp³-hybridized carbons (Fsp3) is 0.538. The molecule has 7 heteroatoms. The highest BCUT2D eigenvalue weighted by Crippen LogP contribution is 2.36. The number of pyridine rings is 1. The van der Waals surface area contributed by atoms with Gasteiger partial charge in [-0.3, -0.25) is 9.78 Å². The summed E-state index contributed by atoms with van der Waals surface area (Å²) >= 11 is 0. The predicted octanol–water partition coefficient (Wildman–Crippen LogP) is 3.49. The highest BCUT2D eigenvalue weighted by Gasteiger charge is 2.23. The van der Waals surface area contributed by atoms with Crippen LogP contribution in [-0.4, -0.2) is 61.9 Å². The molecule has 7 nitrogen and oxygen atoms in total. The molecule has 2 saturated heterocycles. The van der Waals surface area contributed by atoms with Gasteiger partial charge >= 0.3 is 0 Å².